The van der Waals surface area contributed by atoms with Crippen molar-refractivity contribution in [2.45, 2.75) is 24.8 Å². The minimum atomic E-state index is -0.264. The highest BCUT2D eigenvalue weighted by Crippen LogP contribution is 2.22. The molecule has 0 spiro atoms. The summed E-state index contributed by atoms with van der Waals surface area (Å²) in [6.07, 6.45) is 2.35. The Morgan fingerprint density at radius 1 is 1.21 bits per heavy atom. The number of hydrogen-bond donors (Lipinski definition) is 1. The van der Waals surface area contributed by atoms with Crippen LogP contribution < -0.4 is 5.73 Å². The molecule has 1 aromatic heterocycles. The normalized spacial score (nSPS) is 18.4. The van der Waals surface area contributed by atoms with Crippen LogP contribution in [-0.2, 0) is 11.2 Å². The van der Waals surface area contributed by atoms with E-state index in [4.69, 9.17) is 10.5 Å². The zero-order chi connectivity index (χ0) is 13.1. The number of nitrogens with two attached hydrogens (primary N) is 1. The van der Waals surface area contributed by atoms with Gasteiger partial charge in [-0.2, -0.15) is 4.68 Å². The highest BCUT2D eigenvalue weighted by molar-refractivity contribution is 5.30. The standard InChI is InChI=1S/C13H17N5O/c14-13(6-8-19-9-7-13)10-12-15-16-17-18(12)11-4-2-1-3-5-11/h1-5H,6-10,14H2. The molecule has 1 aliphatic rings. The van der Waals surface area contributed by atoms with Gasteiger partial charge in [0.25, 0.3) is 0 Å². The van der Waals surface area contributed by atoms with Crippen molar-refractivity contribution in [2.24, 2.45) is 5.73 Å². The van der Waals surface area contributed by atoms with Gasteiger partial charge in [-0.1, -0.05) is 18.2 Å². The first kappa shape index (κ1) is 12.3. The van der Waals surface area contributed by atoms with Crippen molar-refractivity contribution in [3.05, 3.63) is 36.2 Å². The van der Waals surface area contributed by atoms with Gasteiger partial charge in [0.1, 0.15) is 0 Å². The van der Waals surface area contributed by atoms with Gasteiger partial charge < -0.3 is 10.5 Å². The molecule has 1 fully saturated rings. The van der Waals surface area contributed by atoms with E-state index >= 15 is 0 Å². The molecule has 0 radical (unpaired) electrons. The van der Waals surface area contributed by atoms with Crippen molar-refractivity contribution in [1.29, 1.82) is 0 Å². The SMILES string of the molecule is NC1(Cc2nnnn2-c2ccccc2)CCOCC1. The number of aromatic nitrogens is 4. The van der Waals surface area contributed by atoms with E-state index in [1.54, 1.807) is 4.68 Å². The molecule has 1 aromatic carbocycles. The van der Waals surface area contributed by atoms with Crippen LogP contribution in [0.2, 0.25) is 0 Å². The highest BCUT2D eigenvalue weighted by atomic mass is 16.5. The molecule has 0 unspecified atom stereocenters. The zero-order valence-corrected chi connectivity index (χ0v) is 10.7. The molecule has 0 atom stereocenters. The monoisotopic (exact) mass is 259 g/mol. The van der Waals surface area contributed by atoms with Gasteiger partial charge in [0, 0.05) is 25.2 Å². The van der Waals surface area contributed by atoms with E-state index < -0.39 is 0 Å². The van der Waals surface area contributed by atoms with E-state index in [0.29, 0.717) is 19.6 Å². The number of rotatable bonds is 3. The Hall–Kier alpha value is -1.79. The van der Waals surface area contributed by atoms with E-state index in [-0.39, 0.29) is 5.54 Å². The number of tetrazole rings is 1. The zero-order valence-electron chi connectivity index (χ0n) is 10.7. The average molecular weight is 259 g/mol. The third-order valence-electron chi connectivity index (χ3n) is 3.53. The molecular formula is C13H17N5O. The summed E-state index contributed by atoms with van der Waals surface area (Å²) in [6, 6.07) is 9.86. The van der Waals surface area contributed by atoms with Crippen LogP contribution in [0.3, 0.4) is 0 Å². The molecule has 0 aliphatic carbocycles. The third-order valence-corrected chi connectivity index (χ3v) is 3.53. The van der Waals surface area contributed by atoms with Crippen LogP contribution in [0.15, 0.2) is 30.3 Å². The molecule has 19 heavy (non-hydrogen) atoms. The molecule has 2 heterocycles. The number of nitrogens with zero attached hydrogens (tertiary/aromatic N) is 4. The third kappa shape index (κ3) is 2.64. The average Bonchev–Trinajstić information content (AvgIpc) is 2.88. The first-order valence-corrected chi connectivity index (χ1v) is 6.46. The second-order valence-corrected chi connectivity index (χ2v) is 4.99. The summed E-state index contributed by atoms with van der Waals surface area (Å²) < 4.78 is 7.11. The quantitative estimate of drug-likeness (QED) is 0.878. The maximum Gasteiger partial charge on any atom is 0.158 e. The minimum absolute atomic E-state index is 0.264. The Balaban J connectivity index is 1.84. The second kappa shape index (κ2) is 5.07. The Bertz CT molecular complexity index is 533. The molecule has 0 bridgehead atoms. The van der Waals surface area contributed by atoms with Crippen LogP contribution >= 0.6 is 0 Å². The summed E-state index contributed by atoms with van der Waals surface area (Å²) in [6.45, 7) is 1.42. The van der Waals surface area contributed by atoms with E-state index in [1.807, 2.05) is 30.3 Å². The predicted octanol–water partition coefficient (Wildman–Crippen LogP) is 0.713. The van der Waals surface area contributed by atoms with Crippen molar-refractivity contribution in [3.63, 3.8) is 0 Å². The summed E-state index contributed by atoms with van der Waals surface area (Å²) in [7, 11) is 0. The summed E-state index contributed by atoms with van der Waals surface area (Å²) in [5, 5.41) is 11.9. The van der Waals surface area contributed by atoms with Crippen LogP contribution in [0.1, 0.15) is 18.7 Å². The van der Waals surface area contributed by atoms with E-state index in [2.05, 4.69) is 15.5 Å². The smallest absolute Gasteiger partial charge is 0.158 e. The lowest BCUT2D eigenvalue weighted by atomic mass is 9.87. The lowest BCUT2D eigenvalue weighted by Crippen LogP contribution is -2.47. The number of benzene rings is 1. The largest absolute Gasteiger partial charge is 0.381 e. The fourth-order valence-electron chi connectivity index (χ4n) is 2.36. The highest BCUT2D eigenvalue weighted by Gasteiger charge is 2.30. The van der Waals surface area contributed by atoms with Gasteiger partial charge in [-0.25, -0.2) is 0 Å². The molecule has 2 N–H and O–H groups in total. The van der Waals surface area contributed by atoms with Crippen LogP contribution in [0.4, 0.5) is 0 Å². The number of para-hydroxylation sites is 1. The summed E-state index contributed by atoms with van der Waals surface area (Å²) in [4.78, 5) is 0. The van der Waals surface area contributed by atoms with Crippen LogP contribution in [-0.4, -0.2) is 39.0 Å². The predicted molar refractivity (Wildman–Crippen MR) is 69.8 cm³/mol. The van der Waals surface area contributed by atoms with Gasteiger partial charge in [-0.05, 0) is 35.4 Å². The Morgan fingerprint density at radius 3 is 2.68 bits per heavy atom. The van der Waals surface area contributed by atoms with E-state index in [1.165, 1.54) is 0 Å². The van der Waals surface area contributed by atoms with Crippen molar-refractivity contribution in [2.75, 3.05) is 13.2 Å². The van der Waals surface area contributed by atoms with Gasteiger partial charge in [0.05, 0.1) is 5.69 Å². The molecule has 2 aromatic rings. The summed E-state index contributed by atoms with van der Waals surface area (Å²) in [5.74, 6) is 0.801. The Labute approximate surface area is 111 Å². The van der Waals surface area contributed by atoms with E-state index in [0.717, 1.165) is 24.4 Å². The fourth-order valence-corrected chi connectivity index (χ4v) is 2.36. The van der Waals surface area contributed by atoms with Crippen LogP contribution in [0.25, 0.3) is 5.69 Å². The molecule has 6 heteroatoms. The van der Waals surface area contributed by atoms with Crippen molar-refractivity contribution >= 4 is 0 Å². The number of hydrogen-bond acceptors (Lipinski definition) is 5. The van der Waals surface area contributed by atoms with E-state index in [9.17, 15) is 0 Å². The molecule has 0 amide bonds. The molecule has 0 saturated carbocycles. The minimum Gasteiger partial charge on any atom is -0.381 e. The van der Waals surface area contributed by atoms with Crippen molar-refractivity contribution < 1.29 is 4.74 Å². The maximum atomic E-state index is 6.41. The Kier molecular flexibility index (Phi) is 3.27. The van der Waals surface area contributed by atoms with Crippen LogP contribution in [0, 0.1) is 0 Å². The topological polar surface area (TPSA) is 78.9 Å². The molecular weight excluding hydrogens is 242 g/mol. The lowest BCUT2D eigenvalue weighted by Gasteiger charge is -2.32. The van der Waals surface area contributed by atoms with Gasteiger partial charge >= 0.3 is 0 Å². The van der Waals surface area contributed by atoms with Gasteiger partial charge in [-0.3, -0.25) is 0 Å². The second-order valence-electron chi connectivity index (χ2n) is 4.99. The maximum absolute atomic E-state index is 6.41. The lowest BCUT2D eigenvalue weighted by molar-refractivity contribution is 0.0525. The molecule has 6 nitrogen and oxygen atoms in total. The molecule has 1 saturated heterocycles. The molecule has 1 aliphatic heterocycles. The van der Waals surface area contributed by atoms with Crippen LogP contribution in [0.5, 0.6) is 0 Å². The van der Waals surface area contributed by atoms with Crippen molar-refractivity contribution in [3.8, 4) is 5.69 Å². The first-order chi connectivity index (χ1) is 9.27. The van der Waals surface area contributed by atoms with Gasteiger partial charge in [-0.15, -0.1) is 5.10 Å². The first-order valence-electron chi connectivity index (χ1n) is 6.46. The summed E-state index contributed by atoms with van der Waals surface area (Å²) in [5.41, 5.74) is 7.10. The van der Waals surface area contributed by atoms with Gasteiger partial charge in [0.2, 0.25) is 0 Å². The summed E-state index contributed by atoms with van der Waals surface area (Å²) >= 11 is 0. The molecule has 3 rings (SSSR count). The molecule has 100 valence electrons. The van der Waals surface area contributed by atoms with Gasteiger partial charge in [0.15, 0.2) is 5.82 Å². The fraction of sp³-hybridized carbons (Fsp3) is 0.462. The Morgan fingerprint density at radius 2 is 1.95 bits per heavy atom. The number of ether oxygens (including phenoxy) is 1. The van der Waals surface area contributed by atoms with Crippen molar-refractivity contribution in [1.82, 2.24) is 20.2 Å².